The van der Waals surface area contributed by atoms with Crippen molar-refractivity contribution in [2.24, 2.45) is 0 Å². The van der Waals surface area contributed by atoms with Gasteiger partial charge in [-0.25, -0.2) is 0 Å². The molecule has 2 aromatic carbocycles. The third kappa shape index (κ3) is 3.50. The Morgan fingerprint density at radius 2 is 1.88 bits per heavy atom. The second kappa shape index (κ2) is 7.09. The number of benzene rings is 2. The normalized spacial score (nSPS) is 10.6. The van der Waals surface area contributed by atoms with E-state index in [9.17, 15) is 9.59 Å². The summed E-state index contributed by atoms with van der Waals surface area (Å²) in [6.45, 7) is 3.20. The van der Waals surface area contributed by atoms with Crippen LogP contribution in [-0.2, 0) is 4.79 Å². The Morgan fingerprint density at radius 3 is 2.58 bits per heavy atom. The van der Waals surface area contributed by atoms with Crippen molar-refractivity contribution in [2.45, 2.75) is 13.8 Å². The summed E-state index contributed by atoms with van der Waals surface area (Å²) in [4.78, 5) is 23.9. The topological polar surface area (TPSA) is 80.6 Å². The van der Waals surface area contributed by atoms with Crippen LogP contribution in [0.4, 0.5) is 11.4 Å². The zero-order chi connectivity index (χ0) is 18.8. The molecule has 2 N–H and O–H groups in total. The van der Waals surface area contributed by atoms with Gasteiger partial charge < -0.3 is 19.8 Å². The van der Waals surface area contributed by atoms with E-state index in [1.165, 1.54) is 14.0 Å². The number of methoxy groups -OCH3 is 1. The Labute approximate surface area is 155 Å². The number of rotatable bonds is 4. The highest BCUT2D eigenvalue weighted by molar-refractivity contribution is 6.31. The van der Waals surface area contributed by atoms with Gasteiger partial charge in [-0.3, -0.25) is 9.59 Å². The van der Waals surface area contributed by atoms with E-state index in [-0.39, 0.29) is 11.7 Å². The molecule has 0 unspecified atom stereocenters. The fourth-order valence-electron chi connectivity index (χ4n) is 2.68. The van der Waals surface area contributed by atoms with E-state index < -0.39 is 5.91 Å². The van der Waals surface area contributed by atoms with Crippen LogP contribution >= 0.6 is 11.6 Å². The number of aryl methyl sites for hydroxylation is 1. The lowest BCUT2D eigenvalue weighted by Crippen LogP contribution is -2.13. The molecule has 134 valence electrons. The lowest BCUT2D eigenvalue weighted by Gasteiger charge is -2.12. The Balaban J connectivity index is 1.94. The molecule has 6 nitrogen and oxygen atoms in total. The zero-order valence-corrected chi connectivity index (χ0v) is 15.2. The predicted octanol–water partition coefficient (Wildman–Crippen LogP) is 4.61. The van der Waals surface area contributed by atoms with Crippen LogP contribution in [0.25, 0.3) is 11.0 Å². The standard InChI is InChI=1S/C19H17ClN2O4/c1-10-14-8-12(20)4-6-16(14)26-18(10)19(24)22-15-9-13(21-11(2)23)5-7-17(15)25-3/h4-9H,1-3H3,(H,21,23)(H,22,24). The minimum atomic E-state index is -0.423. The number of hydrogen-bond acceptors (Lipinski definition) is 4. The maximum Gasteiger partial charge on any atom is 0.291 e. The molecule has 0 saturated carbocycles. The average Bonchev–Trinajstić information content (AvgIpc) is 2.91. The fourth-order valence-corrected chi connectivity index (χ4v) is 2.85. The molecule has 2 amide bonds. The molecule has 3 rings (SSSR count). The molecule has 7 heteroatoms. The van der Waals surface area contributed by atoms with E-state index in [0.29, 0.717) is 33.3 Å². The number of anilines is 2. The Kier molecular flexibility index (Phi) is 4.86. The number of nitrogens with one attached hydrogen (secondary N) is 2. The number of fused-ring (bicyclic) bond motifs is 1. The lowest BCUT2D eigenvalue weighted by molar-refractivity contribution is -0.114. The summed E-state index contributed by atoms with van der Waals surface area (Å²) in [6, 6.07) is 10.1. The van der Waals surface area contributed by atoms with Crippen LogP contribution < -0.4 is 15.4 Å². The molecular weight excluding hydrogens is 356 g/mol. The first kappa shape index (κ1) is 17.8. The fraction of sp³-hybridized carbons (Fsp3) is 0.158. The second-order valence-electron chi connectivity index (χ2n) is 5.75. The zero-order valence-electron chi connectivity index (χ0n) is 14.5. The van der Waals surface area contributed by atoms with E-state index in [1.54, 1.807) is 43.3 Å². The third-order valence-corrected chi connectivity index (χ3v) is 4.11. The molecule has 0 fully saturated rings. The van der Waals surface area contributed by atoms with Gasteiger partial charge in [-0.15, -0.1) is 0 Å². The highest BCUT2D eigenvalue weighted by Crippen LogP contribution is 2.31. The molecule has 1 aromatic heterocycles. The molecule has 3 aromatic rings. The van der Waals surface area contributed by atoms with E-state index in [0.717, 1.165) is 5.39 Å². The minimum Gasteiger partial charge on any atom is -0.495 e. The number of carbonyl (C=O) groups excluding carboxylic acids is 2. The number of amides is 2. The van der Waals surface area contributed by atoms with Crippen molar-refractivity contribution in [2.75, 3.05) is 17.7 Å². The highest BCUT2D eigenvalue weighted by Gasteiger charge is 2.19. The predicted molar refractivity (Wildman–Crippen MR) is 101 cm³/mol. The smallest absolute Gasteiger partial charge is 0.291 e. The number of furan rings is 1. The molecular formula is C19H17ClN2O4. The average molecular weight is 373 g/mol. The van der Waals surface area contributed by atoms with Gasteiger partial charge >= 0.3 is 0 Å². The summed E-state index contributed by atoms with van der Waals surface area (Å²) in [7, 11) is 1.50. The van der Waals surface area contributed by atoms with E-state index in [1.807, 2.05) is 0 Å². The first-order valence-electron chi connectivity index (χ1n) is 7.84. The highest BCUT2D eigenvalue weighted by atomic mass is 35.5. The molecule has 0 spiro atoms. The molecule has 0 aliphatic heterocycles. The van der Waals surface area contributed by atoms with Gasteiger partial charge in [-0.1, -0.05) is 11.6 Å². The van der Waals surface area contributed by atoms with Crippen LogP contribution in [0, 0.1) is 6.92 Å². The van der Waals surface area contributed by atoms with Crippen molar-refractivity contribution < 1.29 is 18.7 Å². The van der Waals surface area contributed by atoms with E-state index >= 15 is 0 Å². The SMILES string of the molecule is COc1ccc(NC(C)=O)cc1NC(=O)c1oc2ccc(Cl)cc2c1C. The summed E-state index contributed by atoms with van der Waals surface area (Å²) in [5.74, 6) is 0.0176. The van der Waals surface area contributed by atoms with Crippen molar-refractivity contribution >= 4 is 45.8 Å². The van der Waals surface area contributed by atoms with Gasteiger partial charge in [-0.2, -0.15) is 0 Å². The number of ether oxygens (including phenoxy) is 1. The van der Waals surface area contributed by atoms with Gasteiger partial charge in [0, 0.05) is 28.6 Å². The molecule has 0 aliphatic rings. The van der Waals surface area contributed by atoms with Crippen molar-refractivity contribution in [1.82, 2.24) is 0 Å². The van der Waals surface area contributed by atoms with Gasteiger partial charge in [0.2, 0.25) is 5.91 Å². The maximum absolute atomic E-state index is 12.7. The monoisotopic (exact) mass is 372 g/mol. The summed E-state index contributed by atoms with van der Waals surface area (Å²) in [5, 5.41) is 6.78. The summed E-state index contributed by atoms with van der Waals surface area (Å²) in [6.07, 6.45) is 0. The Hall–Kier alpha value is -2.99. The van der Waals surface area contributed by atoms with Gasteiger partial charge in [0.05, 0.1) is 12.8 Å². The summed E-state index contributed by atoms with van der Waals surface area (Å²) < 4.78 is 10.9. The van der Waals surface area contributed by atoms with Crippen molar-refractivity contribution in [3.8, 4) is 5.75 Å². The summed E-state index contributed by atoms with van der Waals surface area (Å²) >= 11 is 6.01. The molecule has 0 saturated heterocycles. The molecule has 0 radical (unpaired) electrons. The molecule has 26 heavy (non-hydrogen) atoms. The minimum absolute atomic E-state index is 0.189. The first-order valence-corrected chi connectivity index (χ1v) is 8.22. The van der Waals surface area contributed by atoms with Gasteiger partial charge in [0.1, 0.15) is 11.3 Å². The van der Waals surface area contributed by atoms with Crippen LogP contribution in [0.2, 0.25) is 5.02 Å². The number of halogens is 1. The van der Waals surface area contributed by atoms with Crippen LogP contribution in [-0.4, -0.2) is 18.9 Å². The van der Waals surface area contributed by atoms with Crippen molar-refractivity contribution in [1.29, 1.82) is 0 Å². The van der Waals surface area contributed by atoms with Gasteiger partial charge in [-0.05, 0) is 43.3 Å². The summed E-state index contributed by atoms with van der Waals surface area (Å²) in [5.41, 5.74) is 2.23. The number of carbonyl (C=O) groups is 2. The third-order valence-electron chi connectivity index (χ3n) is 3.87. The molecule has 1 heterocycles. The maximum atomic E-state index is 12.7. The molecule has 0 aliphatic carbocycles. The number of hydrogen-bond donors (Lipinski definition) is 2. The second-order valence-corrected chi connectivity index (χ2v) is 6.18. The lowest BCUT2D eigenvalue weighted by atomic mass is 10.1. The largest absolute Gasteiger partial charge is 0.495 e. The molecule has 0 atom stereocenters. The molecule has 0 bridgehead atoms. The van der Waals surface area contributed by atoms with Crippen molar-refractivity contribution in [3.05, 3.63) is 52.7 Å². The van der Waals surface area contributed by atoms with Gasteiger partial charge in [0.15, 0.2) is 5.76 Å². The van der Waals surface area contributed by atoms with Crippen LogP contribution in [0.5, 0.6) is 5.75 Å². The van der Waals surface area contributed by atoms with Gasteiger partial charge in [0.25, 0.3) is 5.91 Å². The Bertz CT molecular complexity index is 1010. The quantitative estimate of drug-likeness (QED) is 0.700. The van der Waals surface area contributed by atoms with Crippen LogP contribution in [0.15, 0.2) is 40.8 Å². The van der Waals surface area contributed by atoms with E-state index in [2.05, 4.69) is 10.6 Å². The van der Waals surface area contributed by atoms with Crippen LogP contribution in [0.3, 0.4) is 0 Å². The van der Waals surface area contributed by atoms with Crippen molar-refractivity contribution in [3.63, 3.8) is 0 Å². The van der Waals surface area contributed by atoms with E-state index in [4.69, 9.17) is 20.8 Å². The Morgan fingerprint density at radius 1 is 1.12 bits per heavy atom. The van der Waals surface area contributed by atoms with Crippen LogP contribution in [0.1, 0.15) is 23.0 Å². The first-order chi connectivity index (χ1) is 12.4.